The lowest BCUT2D eigenvalue weighted by atomic mass is 10.2. The van der Waals surface area contributed by atoms with Crippen LogP contribution in [0.25, 0.3) is 0 Å². The molecule has 1 atom stereocenters. The number of halogens is 1. The highest BCUT2D eigenvalue weighted by molar-refractivity contribution is 7.99. The molecule has 1 N–H and O–H groups in total. The Balaban J connectivity index is 0.00000288. The van der Waals surface area contributed by atoms with Crippen LogP contribution in [-0.2, 0) is 9.84 Å². The topological polar surface area (TPSA) is 49.4 Å². The Morgan fingerprint density at radius 1 is 1.21 bits per heavy atom. The fourth-order valence-corrected chi connectivity index (χ4v) is 5.46. The van der Waals surface area contributed by atoms with Crippen molar-refractivity contribution in [2.45, 2.75) is 41.7 Å². The maximum atomic E-state index is 12.6. The van der Waals surface area contributed by atoms with Gasteiger partial charge in [0.1, 0.15) is 0 Å². The highest BCUT2D eigenvalue weighted by atomic mass is 35.5. The zero-order chi connectivity index (χ0) is 16.7. The Labute approximate surface area is 157 Å². The zero-order valence-corrected chi connectivity index (χ0v) is 17.0. The van der Waals surface area contributed by atoms with Crippen molar-refractivity contribution in [3.63, 3.8) is 0 Å². The van der Waals surface area contributed by atoms with Crippen LogP contribution >= 0.6 is 24.2 Å². The van der Waals surface area contributed by atoms with E-state index in [2.05, 4.69) is 24.1 Å². The van der Waals surface area contributed by atoms with Gasteiger partial charge < -0.3 is 10.2 Å². The van der Waals surface area contributed by atoms with E-state index in [-0.39, 0.29) is 17.7 Å². The number of hydrogen-bond acceptors (Lipinski definition) is 5. The third-order valence-corrected chi connectivity index (χ3v) is 7.61. The van der Waals surface area contributed by atoms with Gasteiger partial charge in [0.05, 0.1) is 10.1 Å². The van der Waals surface area contributed by atoms with Crippen molar-refractivity contribution in [3.05, 3.63) is 24.3 Å². The summed E-state index contributed by atoms with van der Waals surface area (Å²) in [5, 5.41) is 2.90. The number of piperidine rings is 1. The van der Waals surface area contributed by atoms with E-state index >= 15 is 0 Å². The molecule has 7 heteroatoms. The van der Waals surface area contributed by atoms with Gasteiger partial charge in [0, 0.05) is 23.7 Å². The summed E-state index contributed by atoms with van der Waals surface area (Å²) in [5.74, 6) is 1.03. The molecule has 0 spiro atoms. The van der Waals surface area contributed by atoms with E-state index in [1.807, 2.05) is 12.1 Å². The highest BCUT2D eigenvalue weighted by Crippen LogP contribution is 2.24. The summed E-state index contributed by atoms with van der Waals surface area (Å²) in [6.07, 6.45) is 1.69. The van der Waals surface area contributed by atoms with Gasteiger partial charge in [-0.3, -0.25) is 0 Å². The van der Waals surface area contributed by atoms with Crippen molar-refractivity contribution in [1.29, 1.82) is 0 Å². The fourth-order valence-electron chi connectivity index (χ4n) is 2.84. The summed E-state index contributed by atoms with van der Waals surface area (Å²) >= 11 is 1.79. The lowest BCUT2D eigenvalue weighted by Crippen LogP contribution is -2.38. The minimum absolute atomic E-state index is 0. The second kappa shape index (κ2) is 10.7. The van der Waals surface area contributed by atoms with Crippen LogP contribution in [0.3, 0.4) is 0 Å². The third-order valence-electron chi connectivity index (χ3n) is 4.41. The van der Waals surface area contributed by atoms with Crippen molar-refractivity contribution in [1.82, 2.24) is 10.2 Å². The van der Waals surface area contributed by atoms with Crippen LogP contribution in [0.4, 0.5) is 0 Å². The first kappa shape index (κ1) is 21.8. The Kier molecular flexibility index (Phi) is 9.67. The number of nitrogens with one attached hydrogen (secondary N) is 1. The molecule has 0 saturated carbocycles. The summed E-state index contributed by atoms with van der Waals surface area (Å²) < 4.78 is 25.3. The SMILES string of the molecule is CCN(CC)CCSc1ccc(S(=O)(=O)C2CCCNC2)cc1.Cl. The standard InChI is InChI=1S/C17H28N2O2S2.ClH/c1-3-19(4-2)12-13-22-15-7-9-16(10-8-15)23(20,21)17-6-5-11-18-14-17;/h7-10,17-18H,3-6,11-14H2,1-2H3;1H. The smallest absolute Gasteiger partial charge is 0.182 e. The van der Waals surface area contributed by atoms with Crippen LogP contribution in [0.15, 0.2) is 34.1 Å². The van der Waals surface area contributed by atoms with Crippen LogP contribution in [0, 0.1) is 0 Å². The predicted molar refractivity (Wildman–Crippen MR) is 105 cm³/mol. The lowest BCUT2D eigenvalue weighted by molar-refractivity contribution is 0.324. The third kappa shape index (κ3) is 5.92. The first-order chi connectivity index (χ1) is 11.1. The molecule has 1 saturated heterocycles. The van der Waals surface area contributed by atoms with Crippen LogP contribution in [0.1, 0.15) is 26.7 Å². The molecule has 0 bridgehead atoms. The maximum absolute atomic E-state index is 12.6. The second-order valence-electron chi connectivity index (χ2n) is 5.86. The molecule has 1 aromatic carbocycles. The molecule has 1 aromatic rings. The molecule has 0 amide bonds. The summed E-state index contributed by atoms with van der Waals surface area (Å²) in [5.41, 5.74) is 0. The van der Waals surface area contributed by atoms with E-state index in [1.54, 1.807) is 23.9 Å². The first-order valence-electron chi connectivity index (χ1n) is 8.47. The van der Waals surface area contributed by atoms with E-state index in [1.165, 1.54) is 0 Å². The lowest BCUT2D eigenvalue weighted by Gasteiger charge is -2.22. The molecular weight excluding hydrogens is 364 g/mol. The Hall–Kier alpha value is -0.270. The van der Waals surface area contributed by atoms with E-state index in [9.17, 15) is 8.42 Å². The van der Waals surface area contributed by atoms with Crippen molar-refractivity contribution in [2.75, 3.05) is 38.5 Å². The normalized spacial score (nSPS) is 18.4. The molecule has 0 aliphatic carbocycles. The molecule has 2 rings (SSSR count). The van der Waals surface area contributed by atoms with Gasteiger partial charge in [-0.05, 0) is 56.7 Å². The Morgan fingerprint density at radius 2 is 1.88 bits per heavy atom. The largest absolute Gasteiger partial charge is 0.315 e. The average molecular weight is 393 g/mol. The van der Waals surface area contributed by atoms with E-state index < -0.39 is 9.84 Å². The quantitative estimate of drug-likeness (QED) is 0.689. The predicted octanol–water partition coefficient (Wildman–Crippen LogP) is 3.07. The first-order valence-corrected chi connectivity index (χ1v) is 11.0. The van der Waals surface area contributed by atoms with Gasteiger partial charge in [-0.25, -0.2) is 8.42 Å². The second-order valence-corrected chi connectivity index (χ2v) is 9.26. The van der Waals surface area contributed by atoms with Gasteiger partial charge in [-0.1, -0.05) is 13.8 Å². The van der Waals surface area contributed by atoms with Gasteiger partial charge >= 0.3 is 0 Å². The molecular formula is C17H29ClN2O2S2. The zero-order valence-electron chi connectivity index (χ0n) is 14.5. The van der Waals surface area contributed by atoms with Crippen molar-refractivity contribution in [2.24, 2.45) is 0 Å². The Morgan fingerprint density at radius 3 is 2.42 bits per heavy atom. The number of hydrogen-bond donors (Lipinski definition) is 1. The summed E-state index contributed by atoms with van der Waals surface area (Å²) in [6.45, 7) is 9.05. The number of benzene rings is 1. The van der Waals surface area contributed by atoms with Gasteiger partial charge in [0.2, 0.25) is 0 Å². The summed E-state index contributed by atoms with van der Waals surface area (Å²) in [4.78, 5) is 3.99. The maximum Gasteiger partial charge on any atom is 0.182 e. The van der Waals surface area contributed by atoms with E-state index in [4.69, 9.17) is 0 Å². The molecule has 1 heterocycles. The number of thioether (sulfide) groups is 1. The average Bonchev–Trinajstić information content (AvgIpc) is 2.60. The molecule has 1 aliphatic rings. The molecule has 1 unspecified atom stereocenters. The molecule has 1 fully saturated rings. The van der Waals surface area contributed by atoms with Crippen LogP contribution in [0.5, 0.6) is 0 Å². The molecule has 1 aliphatic heterocycles. The minimum atomic E-state index is -3.20. The minimum Gasteiger partial charge on any atom is -0.315 e. The van der Waals surface area contributed by atoms with Crippen molar-refractivity contribution < 1.29 is 8.42 Å². The van der Waals surface area contributed by atoms with Gasteiger partial charge in [0.15, 0.2) is 9.84 Å². The fraction of sp³-hybridized carbons (Fsp3) is 0.647. The summed E-state index contributed by atoms with van der Waals surface area (Å²) in [7, 11) is -3.20. The van der Waals surface area contributed by atoms with Crippen LogP contribution in [-0.4, -0.2) is 57.0 Å². The number of nitrogens with zero attached hydrogens (tertiary/aromatic N) is 1. The van der Waals surface area contributed by atoms with Gasteiger partial charge in [-0.2, -0.15) is 0 Å². The van der Waals surface area contributed by atoms with E-state index in [0.717, 1.165) is 49.7 Å². The molecule has 24 heavy (non-hydrogen) atoms. The van der Waals surface area contributed by atoms with Gasteiger partial charge in [-0.15, -0.1) is 24.2 Å². The molecule has 4 nitrogen and oxygen atoms in total. The number of sulfone groups is 1. The Bertz CT molecular complexity index is 569. The van der Waals surface area contributed by atoms with E-state index in [0.29, 0.717) is 11.4 Å². The summed E-state index contributed by atoms with van der Waals surface area (Å²) in [6, 6.07) is 7.42. The van der Waals surface area contributed by atoms with Crippen molar-refractivity contribution in [3.8, 4) is 0 Å². The molecule has 138 valence electrons. The van der Waals surface area contributed by atoms with Crippen LogP contribution in [0.2, 0.25) is 0 Å². The highest BCUT2D eigenvalue weighted by Gasteiger charge is 2.28. The molecule has 0 aromatic heterocycles. The van der Waals surface area contributed by atoms with Gasteiger partial charge in [0.25, 0.3) is 0 Å². The van der Waals surface area contributed by atoms with Crippen LogP contribution < -0.4 is 5.32 Å². The number of rotatable bonds is 8. The monoisotopic (exact) mass is 392 g/mol. The molecule has 0 radical (unpaired) electrons. The van der Waals surface area contributed by atoms with Crippen molar-refractivity contribution >= 4 is 34.0 Å².